The first-order valence-corrected chi connectivity index (χ1v) is 9.25. The van der Waals surface area contributed by atoms with Crippen LogP contribution in [0.5, 0.6) is 0 Å². The summed E-state index contributed by atoms with van der Waals surface area (Å²) in [7, 11) is 0. The van der Waals surface area contributed by atoms with Gasteiger partial charge in [0.25, 0.3) is 0 Å². The molecule has 0 atom stereocenters. The van der Waals surface area contributed by atoms with Crippen LogP contribution in [0.15, 0.2) is 48.8 Å². The van der Waals surface area contributed by atoms with Gasteiger partial charge in [-0.2, -0.15) is 0 Å². The van der Waals surface area contributed by atoms with Crippen LogP contribution >= 0.6 is 0 Å². The highest BCUT2D eigenvalue weighted by atomic mass is 15.2. The molecule has 25 heavy (non-hydrogen) atoms. The number of anilines is 1. The zero-order chi connectivity index (χ0) is 17.5. The van der Waals surface area contributed by atoms with Gasteiger partial charge in [-0.3, -0.25) is 4.98 Å². The van der Waals surface area contributed by atoms with Crippen molar-refractivity contribution in [1.82, 2.24) is 15.0 Å². The molecule has 2 heterocycles. The van der Waals surface area contributed by atoms with E-state index >= 15 is 0 Å². The molecule has 0 unspecified atom stereocenters. The number of nitrogens with zero attached hydrogens (tertiary/aromatic N) is 4. The van der Waals surface area contributed by atoms with E-state index in [9.17, 15) is 0 Å². The van der Waals surface area contributed by atoms with E-state index in [-0.39, 0.29) is 0 Å². The molecule has 1 aromatic carbocycles. The van der Waals surface area contributed by atoms with E-state index < -0.39 is 0 Å². The van der Waals surface area contributed by atoms with Crippen LogP contribution in [0.2, 0.25) is 0 Å². The van der Waals surface area contributed by atoms with Crippen molar-refractivity contribution < 1.29 is 0 Å². The quantitative estimate of drug-likeness (QED) is 0.575. The van der Waals surface area contributed by atoms with Crippen LogP contribution in [-0.4, -0.2) is 28.0 Å². The van der Waals surface area contributed by atoms with E-state index in [1.807, 2.05) is 24.4 Å². The highest BCUT2D eigenvalue weighted by Crippen LogP contribution is 2.27. The van der Waals surface area contributed by atoms with Gasteiger partial charge in [0.05, 0.1) is 5.52 Å². The molecule has 130 valence electrons. The van der Waals surface area contributed by atoms with Crippen molar-refractivity contribution in [2.75, 3.05) is 18.0 Å². The molecule has 0 N–H and O–H groups in total. The number of hydrogen-bond acceptors (Lipinski definition) is 4. The van der Waals surface area contributed by atoms with Gasteiger partial charge in [0.2, 0.25) is 0 Å². The first-order valence-electron chi connectivity index (χ1n) is 9.25. The van der Waals surface area contributed by atoms with Crippen molar-refractivity contribution in [2.24, 2.45) is 0 Å². The fraction of sp³-hybridized carbons (Fsp3) is 0.381. The van der Waals surface area contributed by atoms with Crippen LogP contribution in [0.25, 0.3) is 22.3 Å². The van der Waals surface area contributed by atoms with Gasteiger partial charge in [-0.05, 0) is 37.1 Å². The average molecular weight is 334 g/mol. The molecule has 0 aliphatic rings. The number of pyridine rings is 1. The summed E-state index contributed by atoms with van der Waals surface area (Å²) < 4.78 is 0. The van der Waals surface area contributed by atoms with Gasteiger partial charge in [0.1, 0.15) is 5.82 Å². The van der Waals surface area contributed by atoms with E-state index in [4.69, 9.17) is 9.97 Å². The van der Waals surface area contributed by atoms with Gasteiger partial charge in [-0.1, -0.05) is 38.8 Å². The maximum Gasteiger partial charge on any atom is 0.163 e. The van der Waals surface area contributed by atoms with Gasteiger partial charge in [-0.25, -0.2) is 9.97 Å². The van der Waals surface area contributed by atoms with Crippen LogP contribution in [0.1, 0.15) is 39.5 Å². The number of unbranched alkanes of at least 4 members (excludes halogenated alkanes) is 2. The Labute approximate surface area is 150 Å². The third-order valence-corrected chi connectivity index (χ3v) is 4.37. The van der Waals surface area contributed by atoms with Crippen molar-refractivity contribution in [1.29, 1.82) is 0 Å². The van der Waals surface area contributed by atoms with E-state index in [2.05, 4.69) is 41.9 Å². The molecule has 0 spiro atoms. The van der Waals surface area contributed by atoms with Crippen LogP contribution in [0.4, 0.5) is 5.82 Å². The summed E-state index contributed by atoms with van der Waals surface area (Å²) in [6.45, 7) is 6.53. The minimum atomic E-state index is 0.750. The third-order valence-electron chi connectivity index (χ3n) is 4.37. The van der Waals surface area contributed by atoms with E-state index in [0.29, 0.717) is 0 Å². The average Bonchev–Trinajstić information content (AvgIpc) is 2.68. The van der Waals surface area contributed by atoms with Crippen molar-refractivity contribution in [3.8, 4) is 11.4 Å². The summed E-state index contributed by atoms with van der Waals surface area (Å²) in [6.07, 6.45) is 8.31. The molecule has 3 aromatic rings. The Morgan fingerprint density at radius 2 is 1.64 bits per heavy atom. The molecule has 0 saturated carbocycles. The second-order valence-corrected chi connectivity index (χ2v) is 6.32. The molecule has 4 nitrogen and oxygen atoms in total. The van der Waals surface area contributed by atoms with Crippen molar-refractivity contribution in [3.63, 3.8) is 0 Å². The monoisotopic (exact) mass is 334 g/mol. The molecule has 2 aromatic heterocycles. The number of rotatable bonds is 8. The number of hydrogen-bond donors (Lipinski definition) is 0. The Morgan fingerprint density at radius 3 is 2.32 bits per heavy atom. The van der Waals surface area contributed by atoms with Gasteiger partial charge in [0.15, 0.2) is 5.82 Å². The highest BCUT2D eigenvalue weighted by molar-refractivity contribution is 5.91. The fourth-order valence-corrected chi connectivity index (χ4v) is 2.95. The first-order chi connectivity index (χ1) is 12.3. The second kappa shape index (κ2) is 8.56. The molecule has 4 heteroatoms. The summed E-state index contributed by atoms with van der Waals surface area (Å²) in [4.78, 5) is 16.4. The van der Waals surface area contributed by atoms with E-state index in [0.717, 1.165) is 41.2 Å². The fourth-order valence-electron chi connectivity index (χ4n) is 2.95. The zero-order valence-electron chi connectivity index (χ0n) is 15.2. The van der Waals surface area contributed by atoms with Crippen LogP contribution in [0, 0.1) is 0 Å². The lowest BCUT2D eigenvalue weighted by molar-refractivity contribution is 0.673. The third kappa shape index (κ3) is 4.13. The SMILES string of the molecule is CCCCN(CCCC)c1nc(-c2cccnc2)nc2ccccc12. The standard InChI is InChI=1S/C21H26N4/c1-3-5-14-25(15-6-4-2)21-18-11-7-8-12-19(18)23-20(24-21)17-10-9-13-22-16-17/h7-13,16H,3-6,14-15H2,1-2H3. The maximum absolute atomic E-state index is 4.95. The molecule has 0 saturated heterocycles. The van der Waals surface area contributed by atoms with Crippen molar-refractivity contribution in [2.45, 2.75) is 39.5 Å². The molecule has 0 amide bonds. The minimum absolute atomic E-state index is 0.750. The lowest BCUT2D eigenvalue weighted by atomic mass is 10.2. The molecule has 0 radical (unpaired) electrons. The Bertz CT molecular complexity index is 793. The van der Waals surface area contributed by atoms with E-state index in [1.165, 1.54) is 25.7 Å². The maximum atomic E-state index is 4.95. The van der Waals surface area contributed by atoms with Crippen molar-refractivity contribution >= 4 is 16.7 Å². The molecular formula is C21H26N4. The van der Waals surface area contributed by atoms with Crippen molar-refractivity contribution in [3.05, 3.63) is 48.8 Å². The molecule has 3 rings (SSSR count). The number of benzene rings is 1. The van der Waals surface area contributed by atoms with Crippen LogP contribution < -0.4 is 4.90 Å². The van der Waals surface area contributed by atoms with E-state index in [1.54, 1.807) is 6.20 Å². The smallest absolute Gasteiger partial charge is 0.163 e. The summed E-state index contributed by atoms with van der Waals surface area (Å²) in [5.41, 5.74) is 1.95. The minimum Gasteiger partial charge on any atom is -0.356 e. The zero-order valence-corrected chi connectivity index (χ0v) is 15.2. The Hall–Kier alpha value is -2.49. The van der Waals surface area contributed by atoms with Gasteiger partial charge in [-0.15, -0.1) is 0 Å². The number of fused-ring (bicyclic) bond motifs is 1. The Balaban J connectivity index is 2.10. The predicted molar refractivity (Wildman–Crippen MR) is 105 cm³/mol. The Kier molecular flexibility index (Phi) is 5.94. The largest absolute Gasteiger partial charge is 0.356 e. The lowest BCUT2D eigenvalue weighted by Crippen LogP contribution is -2.27. The molecule has 0 fully saturated rings. The lowest BCUT2D eigenvalue weighted by Gasteiger charge is -2.25. The molecule has 0 aliphatic heterocycles. The summed E-state index contributed by atoms with van der Waals surface area (Å²) in [5.74, 6) is 1.80. The number of aromatic nitrogens is 3. The Morgan fingerprint density at radius 1 is 0.880 bits per heavy atom. The first kappa shape index (κ1) is 17.3. The van der Waals surface area contributed by atoms with Crippen LogP contribution in [-0.2, 0) is 0 Å². The normalized spacial score (nSPS) is 11.0. The van der Waals surface area contributed by atoms with Gasteiger partial charge < -0.3 is 4.90 Å². The predicted octanol–water partition coefficient (Wildman–Crippen LogP) is 5.10. The second-order valence-electron chi connectivity index (χ2n) is 6.32. The number of para-hydroxylation sites is 1. The summed E-state index contributed by atoms with van der Waals surface area (Å²) >= 11 is 0. The van der Waals surface area contributed by atoms with Crippen LogP contribution in [0.3, 0.4) is 0 Å². The molecule has 0 bridgehead atoms. The van der Waals surface area contributed by atoms with Gasteiger partial charge >= 0.3 is 0 Å². The molecule has 0 aliphatic carbocycles. The summed E-state index contributed by atoms with van der Waals surface area (Å²) in [6, 6.07) is 12.2. The van der Waals surface area contributed by atoms with Gasteiger partial charge in [0, 0.05) is 36.4 Å². The topological polar surface area (TPSA) is 41.9 Å². The highest BCUT2D eigenvalue weighted by Gasteiger charge is 2.15. The molecular weight excluding hydrogens is 308 g/mol. The summed E-state index contributed by atoms with van der Waals surface area (Å²) in [5, 5.41) is 1.13.